The van der Waals surface area contributed by atoms with E-state index in [1.165, 1.54) is 86.7 Å². The van der Waals surface area contributed by atoms with E-state index in [0.717, 1.165) is 24.2 Å². The molecule has 0 amide bonds. The Morgan fingerprint density at radius 2 is 1.24 bits per heavy atom. The van der Waals surface area contributed by atoms with Gasteiger partial charge in [0, 0.05) is 49.1 Å². The molecular weight excluding hydrogens is 685 g/mol. The smallest absolute Gasteiger partial charge is 0.0640 e. The number of aromatic nitrogens is 1. The molecule has 2 nitrogen and oxygen atoms in total. The average molecular weight is 721 g/mol. The molecule has 0 radical (unpaired) electrons. The lowest BCUT2D eigenvalue weighted by Crippen LogP contribution is -2.12. The maximum atomic E-state index is 2.50. The Hall–Kier alpha value is -6.68. The first-order valence-electron chi connectivity index (χ1n) is 19.1. The Balaban J connectivity index is 1.17. The molecule has 0 bridgehead atoms. The monoisotopic (exact) mass is 720 g/mol. The molecule has 2 heterocycles. The summed E-state index contributed by atoms with van der Waals surface area (Å²) >= 11 is 1.88. The van der Waals surface area contributed by atoms with Gasteiger partial charge >= 0.3 is 0 Å². The van der Waals surface area contributed by atoms with Crippen LogP contribution in [0.5, 0.6) is 0 Å². The molecule has 3 heteroatoms. The van der Waals surface area contributed by atoms with Crippen molar-refractivity contribution in [2.45, 2.75) is 12.8 Å². The molecule has 0 spiro atoms. The fourth-order valence-corrected chi connectivity index (χ4v) is 9.96. The summed E-state index contributed by atoms with van der Waals surface area (Å²) in [6.07, 6.45) is 6.71. The summed E-state index contributed by atoms with van der Waals surface area (Å²) in [5, 5.41) is 6.39. The van der Waals surface area contributed by atoms with Gasteiger partial charge in [0.15, 0.2) is 0 Å². The Kier molecular flexibility index (Phi) is 7.53. The quantitative estimate of drug-likeness (QED) is 0.166. The highest BCUT2D eigenvalue weighted by atomic mass is 32.1. The molecule has 0 atom stereocenters. The second-order valence-corrected chi connectivity index (χ2v) is 15.4. The van der Waals surface area contributed by atoms with Crippen LogP contribution in [0.4, 0.5) is 17.1 Å². The Morgan fingerprint density at radius 1 is 0.509 bits per heavy atom. The van der Waals surface area contributed by atoms with Gasteiger partial charge < -0.3 is 9.47 Å². The highest BCUT2D eigenvalue weighted by Crippen LogP contribution is 2.48. The fraction of sp³-hybridized carbons (Fsp3) is 0.0385. The van der Waals surface area contributed by atoms with Gasteiger partial charge in [-0.05, 0) is 88.8 Å². The van der Waals surface area contributed by atoms with Crippen molar-refractivity contribution in [2.75, 3.05) is 4.90 Å². The molecule has 0 fully saturated rings. The van der Waals surface area contributed by atoms with Crippen molar-refractivity contribution >= 4 is 76.3 Å². The maximum absolute atomic E-state index is 2.50. The van der Waals surface area contributed by atoms with E-state index >= 15 is 0 Å². The second-order valence-electron chi connectivity index (χ2n) is 14.4. The Labute approximate surface area is 324 Å². The van der Waals surface area contributed by atoms with Crippen molar-refractivity contribution in [3.63, 3.8) is 0 Å². The number of thiophene rings is 1. The van der Waals surface area contributed by atoms with E-state index in [1.807, 2.05) is 11.3 Å². The van der Waals surface area contributed by atoms with E-state index in [1.54, 1.807) is 0 Å². The van der Waals surface area contributed by atoms with Gasteiger partial charge in [-0.1, -0.05) is 146 Å². The highest BCUT2D eigenvalue weighted by Gasteiger charge is 2.23. The van der Waals surface area contributed by atoms with Gasteiger partial charge in [-0.25, -0.2) is 0 Å². The summed E-state index contributed by atoms with van der Waals surface area (Å²) in [6.45, 7) is 0. The first kappa shape index (κ1) is 31.8. The average Bonchev–Trinajstić information content (AvgIpc) is 3.81. The first-order valence-corrected chi connectivity index (χ1v) is 19.9. The zero-order valence-electron chi connectivity index (χ0n) is 30.2. The van der Waals surface area contributed by atoms with Gasteiger partial charge in [0.05, 0.1) is 21.6 Å². The molecule has 8 aromatic carbocycles. The number of nitrogens with zero attached hydrogens (tertiary/aromatic N) is 2. The molecule has 0 saturated carbocycles. The number of fused-ring (bicyclic) bond motifs is 7. The minimum atomic E-state index is 1.03. The lowest BCUT2D eigenvalue weighted by atomic mass is 9.94. The van der Waals surface area contributed by atoms with Crippen molar-refractivity contribution in [2.24, 2.45) is 0 Å². The zero-order valence-corrected chi connectivity index (χ0v) is 31.0. The molecule has 1 aliphatic carbocycles. The minimum absolute atomic E-state index is 1.03. The fourth-order valence-electron chi connectivity index (χ4n) is 8.76. The van der Waals surface area contributed by atoms with Crippen LogP contribution in [0, 0.1) is 0 Å². The highest BCUT2D eigenvalue weighted by molar-refractivity contribution is 7.26. The summed E-state index contributed by atoms with van der Waals surface area (Å²) in [4.78, 5) is 2.50. The van der Waals surface area contributed by atoms with Gasteiger partial charge in [0.25, 0.3) is 0 Å². The summed E-state index contributed by atoms with van der Waals surface area (Å²) in [6, 6.07) is 66.9. The molecule has 2 aromatic heterocycles. The lowest BCUT2D eigenvalue weighted by molar-refractivity contribution is 0.888. The number of rotatable bonds is 6. The van der Waals surface area contributed by atoms with E-state index in [0.29, 0.717) is 0 Å². The molecule has 0 saturated heterocycles. The number of allylic oxidation sites excluding steroid dienone is 1. The predicted molar refractivity (Wildman–Crippen MR) is 237 cm³/mol. The zero-order chi connectivity index (χ0) is 36.3. The largest absolute Gasteiger partial charge is 0.313 e. The van der Waals surface area contributed by atoms with Crippen LogP contribution in [0.15, 0.2) is 188 Å². The molecule has 1 aliphatic rings. The summed E-state index contributed by atoms with van der Waals surface area (Å²) in [5.41, 5.74) is 13.4. The van der Waals surface area contributed by atoms with Crippen LogP contribution in [0.25, 0.3) is 75.9 Å². The molecule has 11 rings (SSSR count). The molecule has 0 aliphatic heterocycles. The van der Waals surface area contributed by atoms with Crippen LogP contribution in [0.1, 0.15) is 17.7 Å². The number of anilines is 3. The normalized spacial score (nSPS) is 12.5. The Morgan fingerprint density at radius 3 is 2.13 bits per heavy atom. The number of hydrogen-bond acceptors (Lipinski definition) is 2. The van der Waals surface area contributed by atoms with Gasteiger partial charge in [0.2, 0.25) is 0 Å². The van der Waals surface area contributed by atoms with Gasteiger partial charge in [-0.15, -0.1) is 11.3 Å². The van der Waals surface area contributed by atoms with Crippen molar-refractivity contribution in [3.05, 3.63) is 199 Å². The third-order valence-electron chi connectivity index (χ3n) is 11.3. The summed E-state index contributed by atoms with van der Waals surface area (Å²) < 4.78 is 5.05. The molecule has 0 N–H and O–H groups in total. The lowest BCUT2D eigenvalue weighted by Gasteiger charge is -2.29. The number of para-hydroxylation sites is 1. The third kappa shape index (κ3) is 5.23. The topological polar surface area (TPSA) is 8.17 Å². The van der Waals surface area contributed by atoms with E-state index in [4.69, 9.17) is 0 Å². The van der Waals surface area contributed by atoms with Gasteiger partial charge in [-0.3, -0.25) is 0 Å². The predicted octanol–water partition coefficient (Wildman–Crippen LogP) is 14.9. The molecule has 55 heavy (non-hydrogen) atoms. The minimum Gasteiger partial charge on any atom is -0.313 e. The summed E-state index contributed by atoms with van der Waals surface area (Å²) in [7, 11) is 0. The van der Waals surface area contributed by atoms with Gasteiger partial charge in [-0.2, -0.15) is 0 Å². The number of benzene rings is 8. The molecule has 260 valence electrons. The van der Waals surface area contributed by atoms with Crippen LogP contribution in [-0.4, -0.2) is 4.57 Å². The molecule has 10 aromatic rings. The second kappa shape index (κ2) is 13.0. The van der Waals surface area contributed by atoms with Crippen LogP contribution >= 0.6 is 11.3 Å². The number of hydrogen-bond donors (Lipinski definition) is 0. The SMILES string of the molecule is C1=Cc2c(n(-c3ccc(N(c4cc(-c5cccc6ccccc56)ccc4-c4ccccc4)c4cccc5c4sc4ccccc45)cc3)c3ccccc23)CC1. The Bertz CT molecular complexity index is 3090. The van der Waals surface area contributed by atoms with Crippen LogP contribution in [0.3, 0.4) is 0 Å². The first-order chi connectivity index (χ1) is 27.3. The van der Waals surface area contributed by atoms with Crippen LogP contribution < -0.4 is 4.90 Å². The third-order valence-corrected chi connectivity index (χ3v) is 12.5. The van der Waals surface area contributed by atoms with E-state index in [9.17, 15) is 0 Å². The van der Waals surface area contributed by atoms with E-state index in [-0.39, 0.29) is 0 Å². The van der Waals surface area contributed by atoms with E-state index in [2.05, 4.69) is 204 Å². The molecule has 0 unspecified atom stereocenters. The van der Waals surface area contributed by atoms with Crippen molar-refractivity contribution in [3.8, 4) is 27.9 Å². The van der Waals surface area contributed by atoms with Crippen molar-refractivity contribution in [1.82, 2.24) is 4.57 Å². The van der Waals surface area contributed by atoms with Gasteiger partial charge in [0.1, 0.15) is 0 Å². The standard InChI is InChI=1S/C52H36N2S/c1-2-14-36(15-3-1)42-33-28-37(41-22-12-17-35-16-4-5-18-40(35)41)34-50(42)54(49-26-13-23-46-45-21-8-11-27-51(45)55-52(46)49)39-31-29-38(30-32-39)53-47-24-9-6-19-43(47)44-20-7-10-25-48(44)53/h1-9,11-24,26-34H,10,25H2. The van der Waals surface area contributed by atoms with Crippen LogP contribution in [-0.2, 0) is 6.42 Å². The van der Waals surface area contributed by atoms with Crippen LogP contribution in [0.2, 0.25) is 0 Å². The van der Waals surface area contributed by atoms with E-state index < -0.39 is 0 Å². The van der Waals surface area contributed by atoms with Crippen molar-refractivity contribution in [1.29, 1.82) is 0 Å². The maximum Gasteiger partial charge on any atom is 0.0640 e. The van der Waals surface area contributed by atoms with Crippen molar-refractivity contribution < 1.29 is 0 Å². The molecular formula is C52H36N2S. The summed E-state index contributed by atoms with van der Waals surface area (Å²) in [5.74, 6) is 0.